The van der Waals surface area contributed by atoms with Gasteiger partial charge < -0.3 is 15.5 Å². The molecule has 20 heavy (non-hydrogen) atoms. The molecule has 0 aliphatic heterocycles. The topological polar surface area (TPSA) is 81.2 Å². The highest BCUT2D eigenvalue weighted by Crippen LogP contribution is 2.29. The molecule has 0 unspecified atom stereocenters. The fourth-order valence-corrected chi connectivity index (χ4v) is 2.71. The van der Waals surface area contributed by atoms with Crippen LogP contribution in [-0.4, -0.2) is 16.9 Å². The van der Waals surface area contributed by atoms with Gasteiger partial charge in [0.1, 0.15) is 0 Å². The molecular formula is C15H17N3O2. The Morgan fingerprint density at radius 1 is 1.50 bits per heavy atom. The summed E-state index contributed by atoms with van der Waals surface area (Å²) in [6.45, 7) is 1.94. The quantitative estimate of drug-likeness (QED) is 0.888. The summed E-state index contributed by atoms with van der Waals surface area (Å²) in [5.74, 6) is 0.0447. The molecule has 1 amide bonds. The molecule has 0 saturated carbocycles. The summed E-state index contributed by atoms with van der Waals surface area (Å²) >= 11 is 0. The molecule has 2 aromatic rings. The van der Waals surface area contributed by atoms with Gasteiger partial charge in [-0.2, -0.15) is 0 Å². The first-order valence-electron chi connectivity index (χ1n) is 6.77. The molecule has 0 radical (unpaired) electrons. The zero-order valence-corrected chi connectivity index (χ0v) is 11.3. The summed E-state index contributed by atoms with van der Waals surface area (Å²) in [4.78, 5) is 16.3. The van der Waals surface area contributed by atoms with E-state index in [9.17, 15) is 4.79 Å². The lowest BCUT2D eigenvalue weighted by molar-refractivity contribution is 0.0904. The summed E-state index contributed by atoms with van der Waals surface area (Å²) in [5, 5.41) is 2.96. The van der Waals surface area contributed by atoms with Gasteiger partial charge in [0.2, 0.25) is 5.76 Å². The highest BCUT2D eigenvalue weighted by atomic mass is 16.3. The van der Waals surface area contributed by atoms with Crippen molar-refractivity contribution < 1.29 is 9.21 Å². The monoisotopic (exact) mass is 271 g/mol. The van der Waals surface area contributed by atoms with E-state index in [1.54, 1.807) is 0 Å². The molecule has 0 saturated heterocycles. The Morgan fingerprint density at radius 2 is 2.30 bits per heavy atom. The van der Waals surface area contributed by atoms with Crippen molar-refractivity contribution in [3.8, 4) is 0 Å². The van der Waals surface area contributed by atoms with E-state index >= 15 is 0 Å². The van der Waals surface area contributed by atoms with Crippen molar-refractivity contribution >= 4 is 5.91 Å². The lowest BCUT2D eigenvalue weighted by Crippen LogP contribution is -2.40. The van der Waals surface area contributed by atoms with Crippen LogP contribution in [0, 0.1) is 0 Å². The average Bonchev–Trinajstić information content (AvgIpc) is 3.05. The van der Waals surface area contributed by atoms with Crippen molar-refractivity contribution in [2.24, 2.45) is 5.73 Å². The van der Waals surface area contributed by atoms with Crippen molar-refractivity contribution in [3.05, 3.63) is 53.2 Å². The van der Waals surface area contributed by atoms with Crippen molar-refractivity contribution in [1.29, 1.82) is 0 Å². The summed E-state index contributed by atoms with van der Waals surface area (Å²) < 4.78 is 5.18. The van der Waals surface area contributed by atoms with Crippen LogP contribution in [0.2, 0.25) is 0 Å². The number of carbonyl (C=O) groups excluding carboxylic acids is 1. The molecule has 104 valence electrons. The Hall–Kier alpha value is -2.14. The Labute approximate surface area is 117 Å². The number of benzene rings is 1. The standard InChI is InChI=1S/C15H17N3O2/c1-2-11-14(20-8-17-11)15(19)18-12-7-9-5-3-4-6-10(9)13(12)16/h3-6,8,12-13H,2,7,16H2,1H3,(H,18,19)/t12-,13-/m1/s1. The van der Waals surface area contributed by atoms with Gasteiger partial charge in [0.15, 0.2) is 6.39 Å². The normalized spacial score (nSPS) is 20.7. The number of carbonyl (C=O) groups is 1. The molecule has 1 heterocycles. The zero-order valence-electron chi connectivity index (χ0n) is 11.3. The van der Waals surface area contributed by atoms with Crippen LogP contribution in [0.1, 0.15) is 40.3 Å². The van der Waals surface area contributed by atoms with E-state index in [0.717, 1.165) is 12.0 Å². The fourth-order valence-electron chi connectivity index (χ4n) is 2.71. The Kier molecular flexibility index (Phi) is 3.28. The second-order valence-electron chi connectivity index (χ2n) is 4.99. The van der Waals surface area contributed by atoms with Gasteiger partial charge in [-0.3, -0.25) is 4.79 Å². The van der Waals surface area contributed by atoms with Crippen LogP contribution < -0.4 is 11.1 Å². The number of oxazole rings is 1. The molecule has 1 aliphatic carbocycles. The zero-order chi connectivity index (χ0) is 14.1. The highest BCUT2D eigenvalue weighted by molar-refractivity contribution is 5.92. The number of amides is 1. The number of hydrogen-bond acceptors (Lipinski definition) is 4. The number of nitrogens with two attached hydrogens (primary N) is 1. The molecule has 1 aromatic carbocycles. The lowest BCUT2D eigenvalue weighted by atomic mass is 10.1. The molecular weight excluding hydrogens is 254 g/mol. The van der Waals surface area contributed by atoms with Crippen LogP contribution >= 0.6 is 0 Å². The number of aromatic nitrogens is 1. The van der Waals surface area contributed by atoms with Gasteiger partial charge in [-0.05, 0) is 24.0 Å². The smallest absolute Gasteiger partial charge is 0.289 e. The van der Waals surface area contributed by atoms with Gasteiger partial charge in [0.25, 0.3) is 5.91 Å². The maximum absolute atomic E-state index is 12.2. The Balaban J connectivity index is 1.76. The van der Waals surface area contributed by atoms with Crippen molar-refractivity contribution in [3.63, 3.8) is 0 Å². The van der Waals surface area contributed by atoms with E-state index in [-0.39, 0.29) is 23.8 Å². The molecule has 1 aromatic heterocycles. The summed E-state index contributed by atoms with van der Waals surface area (Å²) in [6, 6.07) is 7.74. The number of nitrogens with zero attached hydrogens (tertiary/aromatic N) is 1. The molecule has 0 spiro atoms. The van der Waals surface area contributed by atoms with Gasteiger partial charge in [-0.1, -0.05) is 31.2 Å². The van der Waals surface area contributed by atoms with E-state index < -0.39 is 0 Å². The second-order valence-corrected chi connectivity index (χ2v) is 4.99. The van der Waals surface area contributed by atoms with E-state index in [1.807, 2.05) is 31.2 Å². The highest BCUT2D eigenvalue weighted by Gasteiger charge is 2.31. The predicted molar refractivity (Wildman–Crippen MR) is 74.2 cm³/mol. The summed E-state index contributed by atoms with van der Waals surface area (Å²) in [6.07, 6.45) is 2.71. The maximum atomic E-state index is 12.2. The van der Waals surface area contributed by atoms with Crippen LogP contribution in [-0.2, 0) is 12.8 Å². The third-order valence-corrected chi connectivity index (χ3v) is 3.79. The van der Waals surface area contributed by atoms with Gasteiger partial charge in [0, 0.05) is 0 Å². The molecule has 0 bridgehead atoms. The minimum absolute atomic E-state index is 0.102. The number of fused-ring (bicyclic) bond motifs is 1. The van der Waals surface area contributed by atoms with Crippen LogP contribution in [0.4, 0.5) is 0 Å². The van der Waals surface area contributed by atoms with Gasteiger partial charge in [-0.25, -0.2) is 4.98 Å². The SMILES string of the molecule is CCc1ncoc1C(=O)N[C@@H]1Cc2ccccc2[C@H]1N. The molecule has 3 rings (SSSR count). The average molecular weight is 271 g/mol. The molecule has 2 atom stereocenters. The third-order valence-electron chi connectivity index (χ3n) is 3.79. The van der Waals surface area contributed by atoms with Crippen LogP contribution in [0.15, 0.2) is 35.1 Å². The van der Waals surface area contributed by atoms with E-state index in [4.69, 9.17) is 10.2 Å². The van der Waals surface area contributed by atoms with Gasteiger partial charge in [0.05, 0.1) is 17.8 Å². The predicted octanol–water partition coefficient (Wildman–Crippen LogP) is 1.59. The molecule has 5 heteroatoms. The van der Waals surface area contributed by atoms with Crippen LogP contribution in [0.5, 0.6) is 0 Å². The number of hydrogen-bond donors (Lipinski definition) is 2. The van der Waals surface area contributed by atoms with E-state index in [0.29, 0.717) is 12.1 Å². The van der Waals surface area contributed by atoms with E-state index in [1.165, 1.54) is 12.0 Å². The first kappa shape index (κ1) is 12.9. The number of nitrogens with one attached hydrogen (secondary N) is 1. The molecule has 3 N–H and O–H groups in total. The summed E-state index contributed by atoms with van der Waals surface area (Å²) in [5.41, 5.74) is 9.17. The Bertz CT molecular complexity index is 636. The maximum Gasteiger partial charge on any atom is 0.289 e. The lowest BCUT2D eigenvalue weighted by Gasteiger charge is -2.17. The molecule has 1 aliphatic rings. The molecule has 0 fully saturated rings. The largest absolute Gasteiger partial charge is 0.438 e. The first-order chi connectivity index (χ1) is 9.70. The number of aryl methyl sites for hydroxylation is 1. The van der Waals surface area contributed by atoms with Crippen LogP contribution in [0.3, 0.4) is 0 Å². The minimum Gasteiger partial charge on any atom is -0.438 e. The number of rotatable bonds is 3. The minimum atomic E-state index is -0.243. The third kappa shape index (κ3) is 2.10. The Morgan fingerprint density at radius 3 is 3.05 bits per heavy atom. The first-order valence-corrected chi connectivity index (χ1v) is 6.77. The van der Waals surface area contributed by atoms with Crippen molar-refractivity contribution in [2.45, 2.75) is 31.8 Å². The fraction of sp³-hybridized carbons (Fsp3) is 0.333. The van der Waals surface area contributed by atoms with E-state index in [2.05, 4.69) is 10.3 Å². The van der Waals surface area contributed by atoms with Crippen molar-refractivity contribution in [1.82, 2.24) is 10.3 Å². The van der Waals surface area contributed by atoms with Crippen molar-refractivity contribution in [2.75, 3.05) is 0 Å². The van der Waals surface area contributed by atoms with Gasteiger partial charge in [-0.15, -0.1) is 0 Å². The van der Waals surface area contributed by atoms with Crippen LogP contribution in [0.25, 0.3) is 0 Å². The second kappa shape index (κ2) is 5.09. The molecule has 5 nitrogen and oxygen atoms in total. The van der Waals surface area contributed by atoms with Gasteiger partial charge >= 0.3 is 0 Å². The summed E-state index contributed by atoms with van der Waals surface area (Å²) in [7, 11) is 0.